The largest absolute Gasteiger partial charge is 0.464 e. The molecule has 0 bridgehead atoms. The number of carbonyl (C=O) groups is 1. The van der Waals surface area contributed by atoms with Gasteiger partial charge >= 0.3 is 5.97 Å². The maximum Gasteiger partial charge on any atom is 0.330 e. The highest BCUT2D eigenvalue weighted by atomic mass is 19.1. The molecule has 0 radical (unpaired) electrons. The second-order valence-electron chi connectivity index (χ2n) is 5.26. The van der Waals surface area contributed by atoms with E-state index >= 15 is 0 Å². The van der Waals surface area contributed by atoms with Crippen LogP contribution in [0.4, 0.5) is 4.39 Å². The van der Waals surface area contributed by atoms with Gasteiger partial charge in [-0.2, -0.15) is 0 Å². The van der Waals surface area contributed by atoms with Crippen LogP contribution in [0.3, 0.4) is 0 Å². The smallest absolute Gasteiger partial charge is 0.330 e. The highest BCUT2D eigenvalue weighted by molar-refractivity contribution is 5.82. The van der Waals surface area contributed by atoms with Crippen LogP contribution in [0.5, 0.6) is 0 Å². The highest BCUT2D eigenvalue weighted by Gasteiger charge is 2.40. The van der Waals surface area contributed by atoms with Crippen molar-refractivity contribution >= 4 is 5.97 Å². The zero-order valence-corrected chi connectivity index (χ0v) is 12.7. The Morgan fingerprint density at radius 2 is 2.10 bits per heavy atom. The monoisotopic (exact) mass is 281 g/mol. The summed E-state index contributed by atoms with van der Waals surface area (Å²) in [6, 6.07) is 6.15. The van der Waals surface area contributed by atoms with Gasteiger partial charge in [-0.05, 0) is 43.5 Å². The van der Waals surface area contributed by atoms with Gasteiger partial charge in [0.2, 0.25) is 0 Å². The van der Waals surface area contributed by atoms with Gasteiger partial charge in [0.1, 0.15) is 11.4 Å². The molecule has 112 valence electrons. The number of halogens is 1. The predicted molar refractivity (Wildman–Crippen MR) is 77.8 cm³/mol. The molecule has 0 amide bonds. The van der Waals surface area contributed by atoms with E-state index in [1.54, 1.807) is 19.1 Å². The topological polar surface area (TPSA) is 38.3 Å². The molecule has 0 aliphatic heterocycles. The fourth-order valence-electron chi connectivity index (χ4n) is 2.15. The van der Waals surface area contributed by atoms with Crippen LogP contribution in [0, 0.1) is 11.7 Å². The van der Waals surface area contributed by atoms with Crippen LogP contribution >= 0.6 is 0 Å². The van der Waals surface area contributed by atoms with Crippen LogP contribution in [0.25, 0.3) is 0 Å². The Balaban J connectivity index is 3.19. The Kier molecular flexibility index (Phi) is 6.14. The standard InChI is InChI=1S/C16H24FNO2/c1-5-16(15(19)20-6-2,18-11-12(3)4)13-8-7-9-14(17)10-13/h7-10,12,18H,5-6,11H2,1-4H3. The van der Waals surface area contributed by atoms with Gasteiger partial charge in [0.25, 0.3) is 0 Å². The second-order valence-corrected chi connectivity index (χ2v) is 5.26. The number of hydrogen-bond acceptors (Lipinski definition) is 3. The first-order valence-corrected chi connectivity index (χ1v) is 7.14. The van der Waals surface area contributed by atoms with Crippen LogP contribution in [0.2, 0.25) is 0 Å². The van der Waals surface area contributed by atoms with E-state index in [4.69, 9.17) is 4.74 Å². The summed E-state index contributed by atoms with van der Waals surface area (Å²) in [5.41, 5.74) is -0.373. The number of hydrogen-bond donors (Lipinski definition) is 1. The first kappa shape index (κ1) is 16.6. The molecule has 1 N–H and O–H groups in total. The van der Waals surface area contributed by atoms with E-state index in [-0.39, 0.29) is 11.8 Å². The summed E-state index contributed by atoms with van der Waals surface area (Å²) in [5.74, 6) is -0.325. The van der Waals surface area contributed by atoms with Crippen LogP contribution in [-0.2, 0) is 15.1 Å². The Bertz CT molecular complexity index is 448. The van der Waals surface area contributed by atoms with Crippen molar-refractivity contribution < 1.29 is 13.9 Å². The molecule has 0 saturated heterocycles. The SMILES string of the molecule is CCOC(=O)C(CC)(NCC(C)C)c1cccc(F)c1. The number of ether oxygens (including phenoxy) is 1. The van der Waals surface area contributed by atoms with Crippen LogP contribution in [0.1, 0.15) is 39.7 Å². The van der Waals surface area contributed by atoms with E-state index in [2.05, 4.69) is 19.2 Å². The van der Waals surface area contributed by atoms with E-state index in [0.717, 1.165) is 0 Å². The lowest BCUT2D eigenvalue weighted by atomic mass is 9.86. The molecule has 0 fully saturated rings. The lowest BCUT2D eigenvalue weighted by Crippen LogP contribution is -2.51. The fourth-order valence-corrected chi connectivity index (χ4v) is 2.15. The molecule has 0 heterocycles. The van der Waals surface area contributed by atoms with Crippen molar-refractivity contribution in [2.24, 2.45) is 5.92 Å². The zero-order chi connectivity index (χ0) is 15.2. The molecule has 0 saturated carbocycles. The summed E-state index contributed by atoms with van der Waals surface area (Å²) in [4.78, 5) is 12.4. The molecule has 1 unspecified atom stereocenters. The molecule has 0 aromatic heterocycles. The van der Waals surface area contributed by atoms with Crippen LogP contribution in [-0.4, -0.2) is 19.1 Å². The third-order valence-corrected chi connectivity index (χ3v) is 3.28. The molecule has 0 aliphatic rings. The number of esters is 1. The maximum absolute atomic E-state index is 13.5. The predicted octanol–water partition coefficient (Wildman–Crippen LogP) is 3.24. The van der Waals surface area contributed by atoms with Gasteiger partial charge < -0.3 is 4.74 Å². The minimum atomic E-state index is -0.984. The molecule has 1 aromatic carbocycles. The van der Waals surface area contributed by atoms with Crippen LogP contribution in [0.15, 0.2) is 24.3 Å². The van der Waals surface area contributed by atoms with Gasteiger partial charge in [-0.1, -0.05) is 32.9 Å². The van der Waals surface area contributed by atoms with E-state index in [0.29, 0.717) is 31.1 Å². The minimum absolute atomic E-state index is 0.305. The lowest BCUT2D eigenvalue weighted by Gasteiger charge is -2.33. The first-order valence-electron chi connectivity index (χ1n) is 7.14. The van der Waals surface area contributed by atoms with E-state index in [9.17, 15) is 9.18 Å². The maximum atomic E-state index is 13.5. The average Bonchev–Trinajstić information content (AvgIpc) is 2.40. The molecule has 0 aliphatic carbocycles. The van der Waals surface area contributed by atoms with Crippen molar-refractivity contribution in [1.29, 1.82) is 0 Å². The van der Waals surface area contributed by atoms with Crippen molar-refractivity contribution in [2.75, 3.05) is 13.2 Å². The van der Waals surface area contributed by atoms with E-state index < -0.39 is 5.54 Å². The molecule has 0 spiro atoms. The number of benzene rings is 1. The molecule has 1 aromatic rings. The van der Waals surface area contributed by atoms with E-state index in [1.807, 2.05) is 6.92 Å². The summed E-state index contributed by atoms with van der Waals surface area (Å²) in [7, 11) is 0. The van der Waals surface area contributed by atoms with Gasteiger partial charge in [0, 0.05) is 0 Å². The van der Waals surface area contributed by atoms with Gasteiger partial charge in [-0.15, -0.1) is 0 Å². The number of nitrogens with one attached hydrogen (secondary N) is 1. The third-order valence-electron chi connectivity index (χ3n) is 3.28. The summed E-state index contributed by atoms with van der Waals surface area (Å²) in [6.07, 6.45) is 0.502. The zero-order valence-electron chi connectivity index (χ0n) is 12.7. The molecule has 20 heavy (non-hydrogen) atoms. The normalized spacial score (nSPS) is 14.1. The lowest BCUT2D eigenvalue weighted by molar-refractivity contribution is -0.152. The van der Waals surface area contributed by atoms with Gasteiger partial charge in [-0.25, -0.2) is 9.18 Å². The number of rotatable bonds is 7. The van der Waals surface area contributed by atoms with Crippen molar-refractivity contribution in [2.45, 2.75) is 39.7 Å². The third kappa shape index (κ3) is 3.79. The van der Waals surface area contributed by atoms with Crippen molar-refractivity contribution in [3.05, 3.63) is 35.6 Å². The van der Waals surface area contributed by atoms with Gasteiger partial charge in [-0.3, -0.25) is 5.32 Å². The van der Waals surface area contributed by atoms with E-state index in [1.165, 1.54) is 12.1 Å². The van der Waals surface area contributed by atoms with Crippen molar-refractivity contribution in [1.82, 2.24) is 5.32 Å². The molecule has 4 heteroatoms. The molecule has 3 nitrogen and oxygen atoms in total. The second kappa shape index (κ2) is 7.39. The summed E-state index contributed by atoms with van der Waals surface area (Å²) in [5, 5.41) is 3.27. The van der Waals surface area contributed by atoms with Crippen LogP contribution < -0.4 is 5.32 Å². The minimum Gasteiger partial charge on any atom is -0.464 e. The molecule has 1 atom stereocenters. The summed E-state index contributed by atoms with van der Waals surface area (Å²) >= 11 is 0. The molecular formula is C16H24FNO2. The molecule has 1 rings (SSSR count). The quantitative estimate of drug-likeness (QED) is 0.780. The first-order chi connectivity index (χ1) is 9.46. The van der Waals surface area contributed by atoms with Gasteiger partial charge in [0.05, 0.1) is 6.61 Å². The Morgan fingerprint density at radius 1 is 1.40 bits per heavy atom. The van der Waals surface area contributed by atoms with Crippen molar-refractivity contribution in [3.8, 4) is 0 Å². The Morgan fingerprint density at radius 3 is 2.60 bits per heavy atom. The van der Waals surface area contributed by atoms with Gasteiger partial charge in [0.15, 0.2) is 0 Å². The molecular weight excluding hydrogens is 257 g/mol. The summed E-state index contributed by atoms with van der Waals surface area (Å²) < 4.78 is 18.7. The summed E-state index contributed by atoms with van der Waals surface area (Å²) in [6.45, 7) is 8.75. The fraction of sp³-hybridized carbons (Fsp3) is 0.562. The highest BCUT2D eigenvalue weighted by Crippen LogP contribution is 2.27. The van der Waals surface area contributed by atoms with Crippen molar-refractivity contribution in [3.63, 3.8) is 0 Å². The Labute approximate surface area is 120 Å². The number of carbonyl (C=O) groups excluding carboxylic acids is 1. The Hall–Kier alpha value is -1.42. The average molecular weight is 281 g/mol.